The van der Waals surface area contributed by atoms with Crippen LogP contribution in [0.4, 0.5) is 0 Å². The lowest BCUT2D eigenvalue weighted by atomic mass is 9.92. The van der Waals surface area contributed by atoms with Crippen molar-refractivity contribution in [1.29, 1.82) is 0 Å². The minimum Gasteiger partial charge on any atom is -0.497 e. The zero-order valence-corrected chi connectivity index (χ0v) is 59.8. The molecule has 0 radical (unpaired) electrons. The molecule has 11 N–H and O–H groups in total. The average molecular weight is 1520 g/mol. The number of hydrogen-bond donors (Lipinski definition) is 11. The number of methoxy groups -OCH3 is 3. The molecule has 560 valence electrons. The molecule has 1 atom stereocenters. The Hall–Kier alpha value is -8.24. The van der Waals surface area contributed by atoms with Crippen molar-refractivity contribution in [3.05, 3.63) is 123 Å². The van der Waals surface area contributed by atoms with E-state index in [1.807, 2.05) is 20.8 Å². The van der Waals surface area contributed by atoms with E-state index >= 15 is 0 Å². The molecule has 0 spiro atoms. The highest BCUT2D eigenvalue weighted by Gasteiger charge is 2.25. The van der Waals surface area contributed by atoms with Gasteiger partial charge in [-0.15, -0.1) is 0 Å². The average Bonchev–Trinajstić information content (AvgIpc) is 0.812. The SMILES string of the molecule is CCCCCc1cc(C(=O)O)c(CCCC)cc1C(=O)O.CCCCCc1cc(C(=O)O)c(CCCC)cc1S(=O)(=O)O.COc1ccc(OCC(=O)O)cc1S(=O)(=O)O.COc1ccc(OCCCS(=O)(=O)O)c(S(=O)(=O)O)c1.COc1cccc(C(=O)O)c1OCC(O)CS(=O)(=O)O. The maximum absolute atomic E-state index is 11.6. The Morgan fingerprint density at radius 3 is 1.25 bits per heavy atom. The first-order valence-electron chi connectivity index (χ1n) is 30.4. The molecule has 0 saturated heterocycles. The second-order valence-electron chi connectivity index (χ2n) is 21.4. The van der Waals surface area contributed by atoms with Crippen molar-refractivity contribution in [2.24, 2.45) is 0 Å². The van der Waals surface area contributed by atoms with Crippen LogP contribution < -0.4 is 28.4 Å². The third-order valence-electron chi connectivity index (χ3n) is 13.5. The molecule has 1 unspecified atom stereocenters. The number of rotatable bonds is 37. The summed E-state index contributed by atoms with van der Waals surface area (Å²) in [6.45, 7) is 6.84. The monoisotopic (exact) mass is 1510 g/mol. The molecular weight excluding hydrogens is 1430 g/mol. The highest BCUT2D eigenvalue weighted by molar-refractivity contribution is 7.86. The maximum Gasteiger partial charge on any atom is 0.341 e. The van der Waals surface area contributed by atoms with Gasteiger partial charge in [-0.25, -0.2) is 24.0 Å². The predicted molar refractivity (Wildman–Crippen MR) is 360 cm³/mol. The molecule has 0 aliphatic carbocycles. The van der Waals surface area contributed by atoms with Crippen LogP contribution in [0.1, 0.15) is 162 Å². The van der Waals surface area contributed by atoms with E-state index in [1.165, 1.54) is 75.9 Å². The van der Waals surface area contributed by atoms with E-state index in [1.54, 1.807) is 12.1 Å². The van der Waals surface area contributed by atoms with Crippen LogP contribution in [0, 0.1) is 0 Å². The Morgan fingerprint density at radius 1 is 0.410 bits per heavy atom. The van der Waals surface area contributed by atoms with Crippen LogP contribution in [0.2, 0.25) is 0 Å². The van der Waals surface area contributed by atoms with Gasteiger partial charge in [-0.1, -0.05) is 72.3 Å². The minimum absolute atomic E-state index is 0.000764. The van der Waals surface area contributed by atoms with E-state index in [2.05, 4.69) is 6.92 Å². The van der Waals surface area contributed by atoms with Crippen molar-refractivity contribution in [1.82, 2.24) is 0 Å². The number of unbranched alkanes of at least 4 members (excludes halogenated alkanes) is 6. The molecule has 5 aromatic carbocycles. The van der Waals surface area contributed by atoms with Gasteiger partial charge in [0.05, 0.1) is 55.3 Å². The smallest absolute Gasteiger partial charge is 0.341 e. The van der Waals surface area contributed by atoms with Crippen molar-refractivity contribution in [2.75, 3.05) is 52.7 Å². The molecule has 5 aromatic rings. The molecule has 0 aliphatic rings. The standard InChI is InChI=1S/C17H24O4.C16H24O5S.C11H14O8S.C10H14O8S2.C9H10O7S/c1-3-5-7-9-13-11-14(16(18)19)12(8-6-4-2)10-15(13)17(20)21;1-3-5-7-9-13-10-14(16(17)18)12(8-6-4-2)11-15(13)22(19,20)21;1-18-9-4-2-3-8(11(13)14)10(9)19-5-7(12)6-20(15,16)17;1-17-8-3-4-9(10(7-8)20(14,15)16)18-5-2-6-19(11,12)13;1-15-7-3-2-6(16-5-9(10)11)4-8(7)17(12,13)14/h10-11H,3-9H2,1-2H3,(H,18,19)(H,20,21);10-11H,3-9H2,1-2H3,(H,17,18)(H,19,20,21);2-4,7,12H,5-6H2,1H3,(H,13,14)(H,15,16,17);3-4,7H,2,5-6H2,1H3,(H,11,12,13)(H,14,15,16);2-4H,5H2,1H3,(H,10,11)(H,12,13,14). The molecule has 100 heavy (non-hydrogen) atoms. The van der Waals surface area contributed by atoms with Gasteiger partial charge in [0.2, 0.25) is 0 Å². The molecule has 37 heteroatoms. The molecule has 0 fully saturated rings. The number of aryl methyl sites for hydroxylation is 4. The van der Waals surface area contributed by atoms with E-state index in [4.69, 9.17) is 56.8 Å². The van der Waals surface area contributed by atoms with Crippen LogP contribution in [0.25, 0.3) is 0 Å². The molecule has 0 amide bonds. The number of aliphatic carboxylic acids is 1. The van der Waals surface area contributed by atoms with Gasteiger partial charge in [0.15, 0.2) is 18.1 Å². The van der Waals surface area contributed by atoms with Crippen molar-refractivity contribution in [2.45, 2.75) is 145 Å². The largest absolute Gasteiger partial charge is 0.497 e. The van der Waals surface area contributed by atoms with Crippen LogP contribution >= 0.6 is 0 Å². The number of benzene rings is 5. The van der Waals surface area contributed by atoms with E-state index in [9.17, 15) is 91.0 Å². The number of aromatic carboxylic acids is 4. The minimum atomic E-state index is -4.50. The second kappa shape index (κ2) is 43.4. The number of aliphatic hydroxyl groups excluding tert-OH is 1. The quantitative estimate of drug-likeness (QED) is 0.0130. The summed E-state index contributed by atoms with van der Waals surface area (Å²) >= 11 is 0. The molecule has 0 heterocycles. The van der Waals surface area contributed by atoms with Gasteiger partial charge in [0.1, 0.15) is 56.8 Å². The van der Waals surface area contributed by atoms with Crippen molar-refractivity contribution in [3.63, 3.8) is 0 Å². The fourth-order valence-corrected chi connectivity index (χ4v) is 12.0. The lowest BCUT2D eigenvalue weighted by molar-refractivity contribution is -0.139. The number of ether oxygens (including phenoxy) is 6. The third kappa shape index (κ3) is 33.7. The van der Waals surface area contributed by atoms with Crippen LogP contribution in [-0.2, 0) is 81.1 Å². The van der Waals surface area contributed by atoms with E-state index in [0.29, 0.717) is 47.9 Å². The summed E-state index contributed by atoms with van der Waals surface area (Å²) in [4.78, 5) is 54.4. The number of hydrogen-bond acceptors (Lipinski definition) is 22. The summed E-state index contributed by atoms with van der Waals surface area (Å²) in [5.74, 6) is -6.88. The summed E-state index contributed by atoms with van der Waals surface area (Å²) in [6, 6.07) is 17.4. The molecule has 0 bridgehead atoms. The number of carbonyl (C=O) groups is 5. The predicted octanol–water partition coefficient (Wildman–Crippen LogP) is 8.89. The van der Waals surface area contributed by atoms with Crippen molar-refractivity contribution >= 4 is 80.4 Å². The highest BCUT2D eigenvalue weighted by Crippen LogP contribution is 2.33. The fraction of sp³-hybridized carbons (Fsp3) is 0.444. The first-order chi connectivity index (χ1) is 46.5. The van der Waals surface area contributed by atoms with E-state index in [-0.39, 0.29) is 74.7 Å². The zero-order chi connectivity index (χ0) is 76.4. The molecule has 32 nitrogen and oxygen atoms in total. The van der Waals surface area contributed by atoms with Gasteiger partial charge in [-0.05, 0) is 141 Å². The van der Waals surface area contributed by atoms with Gasteiger partial charge in [0, 0.05) is 12.1 Å². The highest BCUT2D eigenvalue weighted by atomic mass is 32.2. The molecule has 0 aromatic heterocycles. The van der Waals surface area contributed by atoms with Gasteiger partial charge >= 0.3 is 29.8 Å². The van der Waals surface area contributed by atoms with Crippen molar-refractivity contribution in [3.8, 4) is 34.5 Å². The topological polar surface area (TPSA) is 534 Å². The molecule has 0 saturated carbocycles. The fourth-order valence-electron chi connectivity index (χ4n) is 8.79. The van der Waals surface area contributed by atoms with Gasteiger partial charge in [0.25, 0.3) is 50.6 Å². The number of aliphatic hydroxyl groups is 1. The normalized spacial score (nSPS) is 11.6. The van der Waals surface area contributed by atoms with Crippen LogP contribution in [0.5, 0.6) is 34.5 Å². The number of carboxylic acids is 5. The van der Waals surface area contributed by atoms with Crippen LogP contribution in [0.15, 0.2) is 93.5 Å². The lowest BCUT2D eigenvalue weighted by Gasteiger charge is -2.15. The summed E-state index contributed by atoms with van der Waals surface area (Å²) in [7, 11) is -17.9. The summed E-state index contributed by atoms with van der Waals surface area (Å²) < 4.78 is 184. The third-order valence-corrected chi connectivity index (χ3v) is 17.8. The van der Waals surface area contributed by atoms with Gasteiger partial charge in [-0.3, -0.25) is 22.8 Å². The first-order valence-corrected chi connectivity index (χ1v) is 38.0. The molecule has 5 rings (SSSR count). The van der Waals surface area contributed by atoms with E-state index < -0.39 is 121 Å². The first kappa shape index (κ1) is 89.8. The van der Waals surface area contributed by atoms with E-state index in [0.717, 1.165) is 76.3 Å². The summed E-state index contributed by atoms with van der Waals surface area (Å²) in [6.07, 6.45) is 9.63. The Morgan fingerprint density at radius 2 is 0.830 bits per heavy atom. The van der Waals surface area contributed by atoms with Gasteiger partial charge in [-0.2, -0.15) is 42.1 Å². The zero-order valence-electron chi connectivity index (χ0n) is 55.8. The number of carboxylic acid groups (broad SMARTS) is 5. The Bertz CT molecular complexity index is 4120. The summed E-state index contributed by atoms with van der Waals surface area (Å²) in [5, 5.41) is 54.8. The van der Waals surface area contributed by atoms with Crippen LogP contribution in [-0.4, -0.2) is 184 Å². The summed E-state index contributed by atoms with van der Waals surface area (Å²) in [5.41, 5.74) is 2.54. The van der Waals surface area contributed by atoms with Gasteiger partial charge < -0.3 is 59.1 Å². The van der Waals surface area contributed by atoms with Crippen LogP contribution in [0.3, 0.4) is 0 Å². The Kier molecular flexibility index (Phi) is 39.0. The van der Waals surface area contributed by atoms with Crippen molar-refractivity contribution < 1.29 is 148 Å². The Balaban J connectivity index is 0.000000626. The maximum atomic E-state index is 11.6. The second-order valence-corrected chi connectivity index (χ2v) is 28.6. The molecular formula is C63H86O32S5. The number of para-hydroxylation sites is 1. The Labute approximate surface area is 580 Å². The molecule has 0 aliphatic heterocycles. The lowest BCUT2D eigenvalue weighted by Crippen LogP contribution is -2.27.